The largest absolute Gasteiger partial charge is 0.394 e. The molecule has 0 spiro atoms. The van der Waals surface area contributed by atoms with Crippen LogP contribution in [0.4, 0.5) is 0 Å². The van der Waals surface area contributed by atoms with Gasteiger partial charge in [-0.3, -0.25) is 4.79 Å². The summed E-state index contributed by atoms with van der Waals surface area (Å²) in [5.41, 5.74) is 0. The maximum absolute atomic E-state index is 12.0. The molecule has 3 N–H and O–H groups in total. The molecule has 4 nitrogen and oxygen atoms in total. The second-order valence-corrected chi connectivity index (χ2v) is 8.04. The molecule has 2 atom stereocenters. The average molecular weight is 410 g/mol. The summed E-state index contributed by atoms with van der Waals surface area (Å²) in [5, 5.41) is 22.4. The van der Waals surface area contributed by atoms with Crippen LogP contribution in [0.3, 0.4) is 0 Å². The van der Waals surface area contributed by atoms with Crippen molar-refractivity contribution in [2.45, 2.75) is 122 Å². The van der Waals surface area contributed by atoms with E-state index in [1.54, 1.807) is 6.08 Å². The number of rotatable bonds is 20. The van der Waals surface area contributed by atoms with E-state index >= 15 is 0 Å². The molecule has 0 aliphatic carbocycles. The number of carbonyl (C=O) groups is 1. The first-order chi connectivity index (χ1) is 14.2. The van der Waals surface area contributed by atoms with Gasteiger partial charge in [0.05, 0.1) is 18.8 Å². The summed E-state index contributed by atoms with van der Waals surface area (Å²) in [4.78, 5) is 12.0. The van der Waals surface area contributed by atoms with Gasteiger partial charge in [0.25, 0.3) is 0 Å². The fourth-order valence-electron chi connectivity index (χ4n) is 3.25. The van der Waals surface area contributed by atoms with Crippen LogP contribution in [0.15, 0.2) is 24.3 Å². The average Bonchev–Trinajstić information content (AvgIpc) is 2.72. The lowest BCUT2D eigenvalue weighted by Gasteiger charge is -2.19. The van der Waals surface area contributed by atoms with E-state index in [1.807, 2.05) is 6.08 Å². The van der Waals surface area contributed by atoms with Crippen molar-refractivity contribution in [2.24, 2.45) is 0 Å². The highest BCUT2D eigenvalue weighted by molar-refractivity contribution is 5.76. The molecule has 0 bridgehead atoms. The Morgan fingerprint density at radius 2 is 1.34 bits per heavy atom. The normalized spacial score (nSPS) is 13.9. The number of hydrogen-bond acceptors (Lipinski definition) is 3. The van der Waals surface area contributed by atoms with Crippen LogP contribution in [0.25, 0.3) is 0 Å². The number of unbranched alkanes of at least 4 members (excludes halogenated alkanes) is 11. The summed E-state index contributed by atoms with van der Waals surface area (Å²) >= 11 is 0. The van der Waals surface area contributed by atoms with E-state index in [1.165, 1.54) is 57.8 Å². The summed E-state index contributed by atoms with van der Waals surface area (Å²) in [6, 6.07) is -0.627. The Balaban J connectivity index is 3.86. The lowest BCUT2D eigenvalue weighted by Crippen LogP contribution is -2.45. The highest BCUT2D eigenvalue weighted by atomic mass is 16.3. The van der Waals surface area contributed by atoms with Crippen LogP contribution in [0.1, 0.15) is 110 Å². The van der Waals surface area contributed by atoms with Crippen molar-refractivity contribution < 1.29 is 15.0 Å². The van der Waals surface area contributed by atoms with E-state index in [-0.39, 0.29) is 12.5 Å². The minimum atomic E-state index is -0.851. The molecule has 0 fully saturated rings. The molecule has 170 valence electrons. The van der Waals surface area contributed by atoms with E-state index < -0.39 is 12.1 Å². The maximum Gasteiger partial charge on any atom is 0.220 e. The first kappa shape index (κ1) is 27.9. The Morgan fingerprint density at radius 1 is 0.793 bits per heavy atom. The first-order valence-electron chi connectivity index (χ1n) is 12.1. The van der Waals surface area contributed by atoms with Crippen molar-refractivity contribution in [3.63, 3.8) is 0 Å². The van der Waals surface area contributed by atoms with Crippen molar-refractivity contribution >= 4 is 5.91 Å². The summed E-state index contributed by atoms with van der Waals surface area (Å²) in [6.07, 6.45) is 23.9. The van der Waals surface area contributed by atoms with Gasteiger partial charge in [-0.05, 0) is 32.1 Å². The Labute approximate surface area is 179 Å². The minimum Gasteiger partial charge on any atom is -0.394 e. The van der Waals surface area contributed by atoms with Gasteiger partial charge in [-0.1, -0.05) is 95.9 Å². The van der Waals surface area contributed by atoms with Gasteiger partial charge in [-0.25, -0.2) is 0 Å². The standard InChI is InChI=1S/C25H47NO3/c1-3-5-7-9-11-12-13-15-16-18-20-24(28)23(22-27)26-25(29)21-19-17-14-10-8-6-4-2/h12-13,18,20,23-24,27-28H,3-11,14-17,19,21-22H2,1-2H3,(H,26,29)/b13-12+,20-18+/t23-,24+/m0/s1. The third-order valence-electron chi connectivity index (χ3n) is 5.19. The number of amides is 1. The van der Waals surface area contributed by atoms with Gasteiger partial charge >= 0.3 is 0 Å². The molecule has 0 rings (SSSR count). The van der Waals surface area contributed by atoms with Crippen LogP contribution in [-0.2, 0) is 4.79 Å². The molecule has 0 saturated carbocycles. The molecule has 1 amide bonds. The number of carbonyl (C=O) groups excluding carboxylic acids is 1. The van der Waals surface area contributed by atoms with E-state index in [2.05, 4.69) is 31.3 Å². The SMILES string of the molecule is CCCCCC/C=C/CC/C=C/[C@@H](O)[C@H](CO)NC(=O)CCCCCCCCC. The molecule has 0 aromatic carbocycles. The van der Waals surface area contributed by atoms with Crippen molar-refractivity contribution in [3.05, 3.63) is 24.3 Å². The lowest BCUT2D eigenvalue weighted by molar-refractivity contribution is -0.123. The molecular weight excluding hydrogens is 362 g/mol. The number of aliphatic hydroxyl groups is 2. The molecule has 0 aromatic rings. The zero-order valence-corrected chi connectivity index (χ0v) is 19.1. The van der Waals surface area contributed by atoms with Crippen LogP contribution in [-0.4, -0.2) is 34.9 Å². The van der Waals surface area contributed by atoms with Crippen LogP contribution in [0.5, 0.6) is 0 Å². The topological polar surface area (TPSA) is 69.6 Å². The van der Waals surface area contributed by atoms with Crippen LogP contribution < -0.4 is 5.32 Å². The summed E-state index contributed by atoms with van der Waals surface area (Å²) in [6.45, 7) is 4.17. The fraction of sp³-hybridized carbons (Fsp3) is 0.800. The molecule has 0 aromatic heterocycles. The van der Waals surface area contributed by atoms with Crippen LogP contribution in [0.2, 0.25) is 0 Å². The van der Waals surface area contributed by atoms with Gasteiger partial charge in [0.15, 0.2) is 0 Å². The quantitative estimate of drug-likeness (QED) is 0.175. The van der Waals surface area contributed by atoms with Gasteiger partial charge in [0.2, 0.25) is 5.91 Å². The third-order valence-corrected chi connectivity index (χ3v) is 5.19. The minimum absolute atomic E-state index is 0.0870. The van der Waals surface area contributed by atoms with Crippen molar-refractivity contribution in [1.82, 2.24) is 5.32 Å². The van der Waals surface area contributed by atoms with Gasteiger partial charge < -0.3 is 15.5 Å². The van der Waals surface area contributed by atoms with Gasteiger partial charge in [0, 0.05) is 6.42 Å². The van der Waals surface area contributed by atoms with E-state index in [0.717, 1.165) is 32.1 Å². The second kappa shape index (κ2) is 21.6. The zero-order valence-electron chi connectivity index (χ0n) is 19.1. The predicted molar refractivity (Wildman–Crippen MR) is 124 cm³/mol. The fourth-order valence-corrected chi connectivity index (χ4v) is 3.25. The number of nitrogens with one attached hydrogen (secondary N) is 1. The second-order valence-electron chi connectivity index (χ2n) is 8.04. The van der Waals surface area contributed by atoms with Crippen molar-refractivity contribution in [1.29, 1.82) is 0 Å². The summed E-state index contributed by atoms with van der Waals surface area (Å²) in [7, 11) is 0. The molecule has 4 heteroatoms. The molecule has 0 heterocycles. The third kappa shape index (κ3) is 18.6. The van der Waals surface area contributed by atoms with E-state index in [0.29, 0.717) is 6.42 Å². The molecule has 0 saturated heterocycles. The smallest absolute Gasteiger partial charge is 0.220 e. The molecular formula is C25H47NO3. The predicted octanol–water partition coefficient (Wildman–Crippen LogP) is 5.83. The summed E-state index contributed by atoms with van der Waals surface area (Å²) in [5.74, 6) is -0.0870. The monoisotopic (exact) mass is 409 g/mol. The molecule has 29 heavy (non-hydrogen) atoms. The van der Waals surface area contributed by atoms with Gasteiger partial charge in [0.1, 0.15) is 0 Å². The molecule has 0 radical (unpaired) electrons. The maximum atomic E-state index is 12.0. The Kier molecular flexibility index (Phi) is 20.7. The highest BCUT2D eigenvalue weighted by Crippen LogP contribution is 2.09. The lowest BCUT2D eigenvalue weighted by atomic mass is 10.1. The first-order valence-corrected chi connectivity index (χ1v) is 12.1. The van der Waals surface area contributed by atoms with Crippen molar-refractivity contribution in [3.8, 4) is 0 Å². The van der Waals surface area contributed by atoms with Crippen LogP contribution in [0, 0.1) is 0 Å². The van der Waals surface area contributed by atoms with Gasteiger partial charge in [-0.15, -0.1) is 0 Å². The molecule has 0 unspecified atom stereocenters. The molecule has 0 aliphatic rings. The Morgan fingerprint density at radius 3 is 2.00 bits per heavy atom. The molecule has 0 aliphatic heterocycles. The van der Waals surface area contributed by atoms with E-state index in [4.69, 9.17) is 0 Å². The van der Waals surface area contributed by atoms with Crippen LogP contribution >= 0.6 is 0 Å². The number of hydrogen-bond donors (Lipinski definition) is 3. The summed E-state index contributed by atoms with van der Waals surface area (Å²) < 4.78 is 0. The van der Waals surface area contributed by atoms with Gasteiger partial charge in [-0.2, -0.15) is 0 Å². The number of allylic oxidation sites excluding steroid dienone is 3. The Hall–Kier alpha value is -1.13. The van der Waals surface area contributed by atoms with Crippen molar-refractivity contribution in [2.75, 3.05) is 6.61 Å². The highest BCUT2D eigenvalue weighted by Gasteiger charge is 2.17. The zero-order chi connectivity index (χ0) is 21.6. The van der Waals surface area contributed by atoms with E-state index in [9.17, 15) is 15.0 Å². The number of aliphatic hydroxyl groups excluding tert-OH is 2. The Bertz CT molecular complexity index is 420.